The van der Waals surface area contributed by atoms with Gasteiger partial charge in [0, 0.05) is 23.3 Å². The second-order valence-electron chi connectivity index (χ2n) is 7.30. The molecule has 2 atom stereocenters. The molecule has 0 bridgehead atoms. The summed E-state index contributed by atoms with van der Waals surface area (Å²) in [6.07, 6.45) is 1.84. The standard InChI is InChI=1S/C22H24N4S/c1-13-8-9-17(11-14(13)2)26-21(18-12-15(3)24-16(18)4)20(25-22(26)27)19-7-5-6-10-23-19/h5-12,20-21,24H,1-4H3,(H,25,27)/t20-,21+/m0/s1. The molecule has 1 aromatic carbocycles. The van der Waals surface area contributed by atoms with Gasteiger partial charge in [0.25, 0.3) is 0 Å². The molecule has 1 aliphatic heterocycles. The Bertz CT molecular complexity index is 993. The number of hydrogen-bond donors (Lipinski definition) is 2. The SMILES string of the molecule is Cc1cc([C@@H]2[C@H](c3ccccn3)NC(=S)N2c2ccc(C)c(C)c2)c(C)[nH]1. The zero-order valence-corrected chi connectivity index (χ0v) is 16.9. The van der Waals surface area contributed by atoms with Crippen LogP contribution in [-0.4, -0.2) is 15.1 Å². The highest BCUT2D eigenvalue weighted by molar-refractivity contribution is 7.80. The van der Waals surface area contributed by atoms with Gasteiger partial charge in [-0.25, -0.2) is 0 Å². The molecule has 27 heavy (non-hydrogen) atoms. The van der Waals surface area contributed by atoms with Gasteiger partial charge >= 0.3 is 0 Å². The van der Waals surface area contributed by atoms with Crippen LogP contribution in [0.15, 0.2) is 48.7 Å². The number of nitrogens with one attached hydrogen (secondary N) is 2. The number of rotatable bonds is 3. The fourth-order valence-electron chi connectivity index (χ4n) is 3.88. The summed E-state index contributed by atoms with van der Waals surface area (Å²) in [5.74, 6) is 0. The minimum absolute atomic E-state index is 0.00536. The molecule has 3 heterocycles. The Labute approximate surface area is 165 Å². The van der Waals surface area contributed by atoms with Crippen molar-refractivity contribution >= 4 is 23.0 Å². The molecule has 0 saturated carbocycles. The van der Waals surface area contributed by atoms with Gasteiger partial charge in [-0.05, 0) is 86.9 Å². The Hall–Kier alpha value is -2.66. The van der Waals surface area contributed by atoms with E-state index in [1.807, 2.05) is 18.3 Å². The van der Waals surface area contributed by atoms with E-state index in [9.17, 15) is 0 Å². The van der Waals surface area contributed by atoms with Crippen LogP contribution in [0.2, 0.25) is 0 Å². The van der Waals surface area contributed by atoms with Crippen molar-refractivity contribution in [2.45, 2.75) is 39.8 Å². The van der Waals surface area contributed by atoms with Crippen LogP contribution in [0.4, 0.5) is 5.69 Å². The molecule has 138 valence electrons. The van der Waals surface area contributed by atoms with E-state index < -0.39 is 0 Å². The number of aryl methyl sites for hydroxylation is 4. The Kier molecular flexibility index (Phi) is 4.48. The predicted octanol–water partition coefficient (Wildman–Crippen LogP) is 4.82. The van der Waals surface area contributed by atoms with Gasteiger partial charge in [-0.3, -0.25) is 4.98 Å². The molecule has 2 aromatic heterocycles. The first-order valence-corrected chi connectivity index (χ1v) is 9.60. The quantitative estimate of drug-likeness (QED) is 0.643. The number of aromatic nitrogens is 2. The molecule has 0 radical (unpaired) electrons. The molecule has 1 fully saturated rings. The first-order chi connectivity index (χ1) is 13.0. The average Bonchev–Trinajstić information content (AvgIpc) is 3.16. The summed E-state index contributed by atoms with van der Waals surface area (Å²) in [6, 6.07) is 14.8. The van der Waals surface area contributed by atoms with Crippen molar-refractivity contribution in [3.8, 4) is 0 Å². The summed E-state index contributed by atoms with van der Waals surface area (Å²) in [7, 11) is 0. The van der Waals surface area contributed by atoms with Crippen molar-refractivity contribution in [2.75, 3.05) is 4.90 Å². The van der Waals surface area contributed by atoms with E-state index in [0.29, 0.717) is 0 Å². The van der Waals surface area contributed by atoms with Crippen LogP contribution in [0.5, 0.6) is 0 Å². The van der Waals surface area contributed by atoms with Gasteiger partial charge in [-0.1, -0.05) is 12.1 Å². The maximum absolute atomic E-state index is 5.78. The Morgan fingerprint density at radius 3 is 2.44 bits per heavy atom. The molecule has 4 rings (SSSR count). The van der Waals surface area contributed by atoms with E-state index >= 15 is 0 Å². The molecule has 3 aromatic rings. The molecule has 1 aliphatic rings. The Morgan fingerprint density at radius 2 is 1.81 bits per heavy atom. The molecule has 0 amide bonds. The molecule has 1 saturated heterocycles. The first-order valence-electron chi connectivity index (χ1n) is 9.19. The Morgan fingerprint density at radius 1 is 1.00 bits per heavy atom. The van der Waals surface area contributed by atoms with Crippen LogP contribution in [0.3, 0.4) is 0 Å². The number of pyridine rings is 1. The third-order valence-corrected chi connectivity index (χ3v) is 5.69. The minimum Gasteiger partial charge on any atom is -0.362 e. The summed E-state index contributed by atoms with van der Waals surface area (Å²) >= 11 is 5.78. The van der Waals surface area contributed by atoms with Gasteiger partial charge in [-0.2, -0.15) is 0 Å². The number of nitrogens with zero attached hydrogens (tertiary/aromatic N) is 2. The summed E-state index contributed by atoms with van der Waals surface area (Å²) in [6.45, 7) is 8.49. The number of aromatic amines is 1. The third kappa shape index (κ3) is 3.12. The Balaban J connectivity index is 1.87. The van der Waals surface area contributed by atoms with E-state index in [1.54, 1.807) is 0 Å². The zero-order chi connectivity index (χ0) is 19.1. The lowest BCUT2D eigenvalue weighted by molar-refractivity contribution is 0.566. The largest absolute Gasteiger partial charge is 0.362 e. The number of H-pyrrole nitrogens is 1. The molecular weight excluding hydrogens is 352 g/mol. The first kappa shape index (κ1) is 17.7. The number of anilines is 1. The smallest absolute Gasteiger partial charge is 0.174 e. The van der Waals surface area contributed by atoms with Gasteiger partial charge in [0.15, 0.2) is 5.11 Å². The molecule has 0 aliphatic carbocycles. The van der Waals surface area contributed by atoms with Gasteiger partial charge in [0.05, 0.1) is 17.8 Å². The third-order valence-electron chi connectivity index (χ3n) is 5.38. The highest BCUT2D eigenvalue weighted by Crippen LogP contribution is 2.42. The van der Waals surface area contributed by atoms with E-state index in [2.05, 4.69) is 78.2 Å². The predicted molar refractivity (Wildman–Crippen MR) is 114 cm³/mol. The van der Waals surface area contributed by atoms with Crippen LogP contribution in [0, 0.1) is 27.7 Å². The van der Waals surface area contributed by atoms with Crippen LogP contribution in [0.1, 0.15) is 45.9 Å². The molecular formula is C22H24N4S. The molecule has 4 nitrogen and oxygen atoms in total. The summed E-state index contributed by atoms with van der Waals surface area (Å²) in [5.41, 5.74) is 8.21. The lowest BCUT2D eigenvalue weighted by Crippen LogP contribution is -2.29. The lowest BCUT2D eigenvalue weighted by atomic mass is 9.96. The summed E-state index contributed by atoms with van der Waals surface area (Å²) in [4.78, 5) is 10.3. The van der Waals surface area contributed by atoms with E-state index in [1.165, 1.54) is 22.4 Å². The highest BCUT2D eigenvalue weighted by atomic mass is 32.1. The molecule has 0 spiro atoms. The maximum Gasteiger partial charge on any atom is 0.174 e. The fourth-order valence-corrected chi connectivity index (χ4v) is 4.22. The maximum atomic E-state index is 5.78. The fraction of sp³-hybridized carbons (Fsp3) is 0.273. The normalized spacial score (nSPS) is 19.4. The number of benzene rings is 1. The second kappa shape index (κ2) is 6.82. The summed E-state index contributed by atoms with van der Waals surface area (Å²) < 4.78 is 0. The van der Waals surface area contributed by atoms with Crippen molar-refractivity contribution in [2.24, 2.45) is 0 Å². The monoisotopic (exact) mass is 376 g/mol. The van der Waals surface area contributed by atoms with Crippen LogP contribution < -0.4 is 10.2 Å². The van der Waals surface area contributed by atoms with Crippen molar-refractivity contribution in [3.05, 3.63) is 82.4 Å². The lowest BCUT2D eigenvalue weighted by Gasteiger charge is -2.28. The average molecular weight is 377 g/mol. The van der Waals surface area contributed by atoms with Crippen LogP contribution >= 0.6 is 12.2 Å². The van der Waals surface area contributed by atoms with Gasteiger partial charge in [-0.15, -0.1) is 0 Å². The minimum atomic E-state index is -0.00536. The van der Waals surface area contributed by atoms with Crippen molar-refractivity contribution in [1.29, 1.82) is 0 Å². The highest BCUT2D eigenvalue weighted by Gasteiger charge is 2.41. The molecule has 2 N–H and O–H groups in total. The van der Waals surface area contributed by atoms with E-state index in [-0.39, 0.29) is 12.1 Å². The molecule has 5 heteroatoms. The topological polar surface area (TPSA) is 44.0 Å². The van der Waals surface area contributed by atoms with E-state index in [4.69, 9.17) is 12.2 Å². The number of hydrogen-bond acceptors (Lipinski definition) is 2. The van der Waals surface area contributed by atoms with Crippen molar-refractivity contribution in [3.63, 3.8) is 0 Å². The van der Waals surface area contributed by atoms with Gasteiger partial charge in [0.1, 0.15) is 0 Å². The zero-order valence-electron chi connectivity index (χ0n) is 16.1. The van der Waals surface area contributed by atoms with Crippen LogP contribution in [0.25, 0.3) is 0 Å². The van der Waals surface area contributed by atoms with Crippen molar-refractivity contribution < 1.29 is 0 Å². The second-order valence-corrected chi connectivity index (χ2v) is 7.68. The van der Waals surface area contributed by atoms with Gasteiger partial charge in [0.2, 0.25) is 0 Å². The number of thiocarbonyl (C=S) groups is 1. The van der Waals surface area contributed by atoms with Crippen molar-refractivity contribution in [1.82, 2.24) is 15.3 Å². The van der Waals surface area contributed by atoms with E-state index in [0.717, 1.165) is 22.2 Å². The summed E-state index contributed by atoms with van der Waals surface area (Å²) in [5, 5.41) is 4.25. The molecule has 0 unspecified atom stereocenters. The van der Waals surface area contributed by atoms with Crippen LogP contribution in [-0.2, 0) is 0 Å². The van der Waals surface area contributed by atoms with Gasteiger partial charge < -0.3 is 15.2 Å².